The van der Waals surface area contributed by atoms with E-state index in [9.17, 15) is 4.79 Å². The average molecular weight is 283 g/mol. The molecule has 0 fully saturated rings. The van der Waals surface area contributed by atoms with Crippen molar-refractivity contribution in [3.63, 3.8) is 0 Å². The first-order valence-electron chi connectivity index (χ1n) is 4.85. The van der Waals surface area contributed by atoms with Gasteiger partial charge in [0.15, 0.2) is 0 Å². The van der Waals surface area contributed by atoms with Crippen LogP contribution in [0.3, 0.4) is 0 Å². The lowest BCUT2D eigenvalue weighted by Crippen LogP contribution is -2.34. The van der Waals surface area contributed by atoms with Gasteiger partial charge in [0.05, 0.1) is 4.34 Å². The second-order valence-electron chi connectivity index (χ2n) is 3.38. The fraction of sp³-hybridized carbons (Fsp3) is 0.500. The van der Waals surface area contributed by atoms with Gasteiger partial charge in [0.1, 0.15) is 0 Å². The van der Waals surface area contributed by atoms with Crippen LogP contribution in [0.2, 0.25) is 4.34 Å². The van der Waals surface area contributed by atoms with Crippen LogP contribution in [0.25, 0.3) is 0 Å². The molecule has 16 heavy (non-hydrogen) atoms. The Kier molecular flexibility index (Phi) is 7.76. The fourth-order valence-corrected chi connectivity index (χ4v) is 2.16. The molecule has 0 aliphatic carbocycles. The standard InChI is InChI=1S/C10H15ClN2OS.ClH/c1-7(6-12)10(14)13-5-4-8-2-3-9(11)15-8;/h2-3,7H,4-6,12H2,1H3,(H,13,14);1H. The van der Waals surface area contributed by atoms with Crippen molar-refractivity contribution in [1.29, 1.82) is 0 Å². The third kappa shape index (κ3) is 5.16. The monoisotopic (exact) mass is 282 g/mol. The van der Waals surface area contributed by atoms with E-state index in [0.29, 0.717) is 13.1 Å². The number of thiophene rings is 1. The lowest BCUT2D eigenvalue weighted by atomic mass is 10.1. The van der Waals surface area contributed by atoms with Crippen LogP contribution >= 0.6 is 35.3 Å². The molecule has 0 radical (unpaired) electrons. The molecule has 0 aliphatic heterocycles. The zero-order valence-corrected chi connectivity index (χ0v) is 11.4. The van der Waals surface area contributed by atoms with Gasteiger partial charge < -0.3 is 11.1 Å². The minimum Gasteiger partial charge on any atom is -0.355 e. The Morgan fingerprint density at radius 2 is 2.31 bits per heavy atom. The second-order valence-corrected chi connectivity index (χ2v) is 5.18. The summed E-state index contributed by atoms with van der Waals surface area (Å²) < 4.78 is 0.784. The summed E-state index contributed by atoms with van der Waals surface area (Å²) in [7, 11) is 0. The summed E-state index contributed by atoms with van der Waals surface area (Å²) in [6, 6.07) is 3.84. The molecular formula is C10H16Cl2N2OS. The maximum atomic E-state index is 11.4. The molecule has 3 N–H and O–H groups in total. The number of nitrogens with one attached hydrogen (secondary N) is 1. The van der Waals surface area contributed by atoms with Crippen molar-refractivity contribution < 1.29 is 4.79 Å². The van der Waals surface area contributed by atoms with Crippen molar-refractivity contribution in [1.82, 2.24) is 5.32 Å². The Morgan fingerprint density at radius 3 is 2.81 bits per heavy atom. The van der Waals surface area contributed by atoms with Crippen molar-refractivity contribution >= 4 is 41.3 Å². The summed E-state index contributed by atoms with van der Waals surface area (Å²) in [5.41, 5.74) is 5.38. The topological polar surface area (TPSA) is 55.1 Å². The van der Waals surface area contributed by atoms with E-state index >= 15 is 0 Å². The zero-order chi connectivity index (χ0) is 11.3. The Morgan fingerprint density at radius 1 is 1.62 bits per heavy atom. The minimum absolute atomic E-state index is 0. The van der Waals surface area contributed by atoms with E-state index in [1.54, 1.807) is 11.3 Å². The highest BCUT2D eigenvalue weighted by Crippen LogP contribution is 2.21. The van der Waals surface area contributed by atoms with Gasteiger partial charge in [-0.1, -0.05) is 18.5 Å². The largest absolute Gasteiger partial charge is 0.355 e. The van der Waals surface area contributed by atoms with Crippen LogP contribution < -0.4 is 11.1 Å². The number of carbonyl (C=O) groups is 1. The summed E-state index contributed by atoms with van der Waals surface area (Å²) in [6.07, 6.45) is 0.820. The van der Waals surface area contributed by atoms with Gasteiger partial charge in [-0.2, -0.15) is 0 Å². The van der Waals surface area contributed by atoms with E-state index in [1.807, 2.05) is 19.1 Å². The highest BCUT2D eigenvalue weighted by atomic mass is 35.5. The summed E-state index contributed by atoms with van der Waals surface area (Å²) in [5.74, 6) is -0.0999. The number of hydrogen-bond acceptors (Lipinski definition) is 3. The maximum Gasteiger partial charge on any atom is 0.224 e. The molecule has 1 amide bonds. The number of carbonyl (C=O) groups excluding carboxylic acids is 1. The van der Waals surface area contributed by atoms with Crippen LogP contribution in [0, 0.1) is 5.92 Å². The number of hydrogen-bond donors (Lipinski definition) is 2. The third-order valence-corrected chi connectivity index (χ3v) is 3.39. The van der Waals surface area contributed by atoms with Crippen molar-refractivity contribution in [2.75, 3.05) is 13.1 Å². The maximum absolute atomic E-state index is 11.4. The summed E-state index contributed by atoms with van der Waals surface area (Å²) >= 11 is 7.33. The molecule has 1 aromatic heterocycles. The number of halogens is 2. The Balaban J connectivity index is 0.00000225. The van der Waals surface area contributed by atoms with Crippen molar-refractivity contribution in [2.45, 2.75) is 13.3 Å². The van der Waals surface area contributed by atoms with Crippen LogP contribution in [0.5, 0.6) is 0 Å². The molecule has 6 heteroatoms. The summed E-state index contributed by atoms with van der Waals surface area (Å²) in [4.78, 5) is 12.5. The van der Waals surface area contributed by atoms with E-state index in [-0.39, 0.29) is 24.2 Å². The van der Waals surface area contributed by atoms with Crippen LogP contribution in [-0.2, 0) is 11.2 Å². The quantitative estimate of drug-likeness (QED) is 0.869. The predicted molar refractivity (Wildman–Crippen MR) is 71.5 cm³/mol. The van der Waals surface area contributed by atoms with Gasteiger partial charge >= 0.3 is 0 Å². The van der Waals surface area contributed by atoms with Gasteiger partial charge in [-0.3, -0.25) is 4.79 Å². The molecule has 3 nitrogen and oxygen atoms in total. The highest BCUT2D eigenvalue weighted by molar-refractivity contribution is 7.16. The van der Waals surface area contributed by atoms with Gasteiger partial charge in [0.2, 0.25) is 5.91 Å². The van der Waals surface area contributed by atoms with Crippen LogP contribution in [0.1, 0.15) is 11.8 Å². The van der Waals surface area contributed by atoms with Crippen LogP contribution in [-0.4, -0.2) is 19.0 Å². The third-order valence-electron chi connectivity index (χ3n) is 2.10. The summed E-state index contributed by atoms with van der Waals surface area (Å²) in [5, 5.41) is 2.84. The van der Waals surface area contributed by atoms with Gasteiger partial charge in [-0.15, -0.1) is 23.7 Å². The van der Waals surface area contributed by atoms with Gasteiger partial charge in [0, 0.05) is 23.9 Å². The Labute approximate surface area is 111 Å². The molecule has 1 unspecified atom stereocenters. The molecule has 0 saturated heterocycles. The molecule has 0 bridgehead atoms. The molecule has 0 spiro atoms. The fourth-order valence-electron chi connectivity index (χ4n) is 1.08. The van der Waals surface area contributed by atoms with E-state index in [0.717, 1.165) is 10.8 Å². The Hall–Kier alpha value is -0.290. The lowest BCUT2D eigenvalue weighted by molar-refractivity contribution is -0.124. The zero-order valence-electron chi connectivity index (χ0n) is 9.03. The lowest BCUT2D eigenvalue weighted by Gasteiger charge is -2.08. The van der Waals surface area contributed by atoms with Crippen LogP contribution in [0.15, 0.2) is 12.1 Å². The first-order chi connectivity index (χ1) is 7.13. The molecule has 1 heterocycles. The van der Waals surface area contributed by atoms with Crippen molar-refractivity contribution in [3.8, 4) is 0 Å². The van der Waals surface area contributed by atoms with E-state index in [4.69, 9.17) is 17.3 Å². The Bertz CT molecular complexity index is 330. The van der Waals surface area contributed by atoms with E-state index < -0.39 is 0 Å². The predicted octanol–water partition coefficient (Wildman–Crippen LogP) is 2.08. The van der Waals surface area contributed by atoms with Gasteiger partial charge in [-0.25, -0.2) is 0 Å². The van der Waals surface area contributed by atoms with E-state index in [2.05, 4.69) is 5.32 Å². The molecular weight excluding hydrogens is 267 g/mol. The molecule has 0 aliphatic rings. The first-order valence-corrected chi connectivity index (χ1v) is 6.05. The van der Waals surface area contributed by atoms with Gasteiger partial charge in [0.25, 0.3) is 0 Å². The molecule has 0 saturated carbocycles. The number of amides is 1. The minimum atomic E-state index is -0.114. The van der Waals surface area contributed by atoms with Crippen molar-refractivity contribution in [2.24, 2.45) is 11.7 Å². The van der Waals surface area contributed by atoms with Gasteiger partial charge in [-0.05, 0) is 18.6 Å². The average Bonchev–Trinajstić information content (AvgIpc) is 2.63. The number of nitrogens with two attached hydrogens (primary N) is 1. The SMILES string of the molecule is CC(CN)C(=O)NCCc1ccc(Cl)s1.Cl. The summed E-state index contributed by atoms with van der Waals surface area (Å²) in [6.45, 7) is 2.84. The molecule has 0 aromatic carbocycles. The normalized spacial score (nSPS) is 11.7. The second kappa shape index (κ2) is 7.90. The molecule has 1 atom stereocenters. The number of rotatable bonds is 5. The first kappa shape index (κ1) is 15.7. The highest BCUT2D eigenvalue weighted by Gasteiger charge is 2.09. The molecule has 1 rings (SSSR count). The molecule has 92 valence electrons. The smallest absolute Gasteiger partial charge is 0.224 e. The molecule has 1 aromatic rings. The van der Waals surface area contributed by atoms with Crippen LogP contribution in [0.4, 0.5) is 0 Å². The van der Waals surface area contributed by atoms with E-state index in [1.165, 1.54) is 4.88 Å². The van der Waals surface area contributed by atoms with Crippen molar-refractivity contribution in [3.05, 3.63) is 21.3 Å².